The van der Waals surface area contributed by atoms with Gasteiger partial charge in [0.15, 0.2) is 5.78 Å². The molecule has 0 bridgehead atoms. The molecule has 1 unspecified atom stereocenters. The molecule has 0 spiro atoms. The second-order valence-electron chi connectivity index (χ2n) is 6.49. The van der Waals surface area contributed by atoms with E-state index in [1.54, 1.807) is 7.11 Å². The number of fused-ring (bicyclic) bond motifs is 3. The van der Waals surface area contributed by atoms with Gasteiger partial charge in [-0.1, -0.05) is 6.07 Å². The maximum atomic E-state index is 12.2. The first-order chi connectivity index (χ1) is 11.0. The molecule has 4 heteroatoms. The first kappa shape index (κ1) is 15.8. The minimum absolute atomic E-state index is 0.0951. The third kappa shape index (κ3) is 2.67. The van der Waals surface area contributed by atoms with Crippen molar-refractivity contribution < 1.29 is 19.1 Å². The molecule has 0 N–H and O–H groups in total. The summed E-state index contributed by atoms with van der Waals surface area (Å²) in [5, 5.41) is 0. The molecule has 2 aliphatic carbocycles. The molecule has 3 rings (SSSR count). The number of carbonyl (C=O) groups is 2. The Bertz CT molecular complexity index is 701. The molecule has 0 aliphatic heterocycles. The van der Waals surface area contributed by atoms with E-state index >= 15 is 0 Å². The van der Waals surface area contributed by atoms with Crippen LogP contribution in [0, 0.1) is 5.41 Å². The van der Waals surface area contributed by atoms with Crippen molar-refractivity contribution in [1.29, 1.82) is 0 Å². The van der Waals surface area contributed by atoms with Crippen LogP contribution in [0.1, 0.15) is 44.2 Å². The maximum absolute atomic E-state index is 12.2. The molecule has 2 aliphatic rings. The van der Waals surface area contributed by atoms with Crippen LogP contribution in [0.3, 0.4) is 0 Å². The highest BCUT2D eigenvalue weighted by molar-refractivity contribution is 6.06. The van der Waals surface area contributed by atoms with Gasteiger partial charge < -0.3 is 9.47 Å². The summed E-state index contributed by atoms with van der Waals surface area (Å²) in [5.74, 6) is 0.807. The Balaban J connectivity index is 2.02. The molecule has 122 valence electrons. The van der Waals surface area contributed by atoms with Crippen molar-refractivity contribution in [3.05, 3.63) is 34.9 Å². The number of hydrogen-bond acceptors (Lipinski definition) is 4. The molecule has 0 saturated heterocycles. The van der Waals surface area contributed by atoms with Gasteiger partial charge in [-0.2, -0.15) is 0 Å². The lowest BCUT2D eigenvalue weighted by Crippen LogP contribution is -2.29. The molecule has 4 nitrogen and oxygen atoms in total. The van der Waals surface area contributed by atoms with Gasteiger partial charge in [0.1, 0.15) is 5.75 Å². The predicted octanol–water partition coefficient (Wildman–Crippen LogP) is 3.33. The topological polar surface area (TPSA) is 52.6 Å². The Hall–Kier alpha value is -2.10. The number of ether oxygens (including phenoxy) is 2. The van der Waals surface area contributed by atoms with Crippen LogP contribution < -0.4 is 4.74 Å². The molecule has 0 aromatic heterocycles. The first-order valence-electron chi connectivity index (χ1n) is 8.02. The van der Waals surface area contributed by atoms with Crippen LogP contribution in [-0.2, 0) is 20.7 Å². The fraction of sp³-hybridized carbons (Fsp3) is 0.474. The van der Waals surface area contributed by atoms with Crippen molar-refractivity contribution in [3.8, 4) is 5.75 Å². The second-order valence-corrected chi connectivity index (χ2v) is 6.49. The average molecular weight is 314 g/mol. The van der Waals surface area contributed by atoms with E-state index in [0.717, 1.165) is 41.7 Å². The van der Waals surface area contributed by atoms with Gasteiger partial charge in [-0.3, -0.25) is 9.59 Å². The summed E-state index contributed by atoms with van der Waals surface area (Å²) in [6, 6.07) is 6.06. The van der Waals surface area contributed by atoms with Crippen molar-refractivity contribution >= 4 is 17.3 Å². The van der Waals surface area contributed by atoms with Crippen LogP contribution in [-0.4, -0.2) is 25.5 Å². The number of methoxy groups -OCH3 is 1. The summed E-state index contributed by atoms with van der Waals surface area (Å²) in [6.45, 7) is 3.75. The van der Waals surface area contributed by atoms with E-state index in [0.29, 0.717) is 13.0 Å². The molecule has 23 heavy (non-hydrogen) atoms. The number of Topliss-reactive ketones (excluding diaryl/α,β-unsaturated/α-hetero) is 1. The summed E-state index contributed by atoms with van der Waals surface area (Å²) < 4.78 is 10.5. The van der Waals surface area contributed by atoms with Gasteiger partial charge in [-0.25, -0.2) is 0 Å². The lowest BCUT2D eigenvalue weighted by atomic mass is 9.68. The van der Waals surface area contributed by atoms with Crippen LogP contribution in [0.15, 0.2) is 23.8 Å². The van der Waals surface area contributed by atoms with E-state index in [1.807, 2.05) is 13.0 Å². The molecular weight excluding hydrogens is 292 g/mol. The maximum Gasteiger partial charge on any atom is 0.302 e. The van der Waals surface area contributed by atoms with Crippen LogP contribution in [0.25, 0.3) is 5.57 Å². The lowest BCUT2D eigenvalue weighted by Gasteiger charge is -2.35. The number of benzene rings is 1. The van der Waals surface area contributed by atoms with E-state index in [-0.39, 0.29) is 17.2 Å². The molecule has 0 amide bonds. The molecule has 0 fully saturated rings. The number of allylic oxidation sites excluding steroid dienone is 2. The Morgan fingerprint density at radius 1 is 1.35 bits per heavy atom. The second kappa shape index (κ2) is 5.84. The van der Waals surface area contributed by atoms with Crippen molar-refractivity contribution in [1.82, 2.24) is 0 Å². The van der Waals surface area contributed by atoms with Gasteiger partial charge in [0.05, 0.1) is 13.7 Å². The number of esters is 1. The van der Waals surface area contributed by atoms with Gasteiger partial charge in [-0.05, 0) is 60.6 Å². The van der Waals surface area contributed by atoms with Gasteiger partial charge in [0, 0.05) is 18.8 Å². The van der Waals surface area contributed by atoms with E-state index in [1.165, 1.54) is 12.5 Å². The van der Waals surface area contributed by atoms with E-state index in [2.05, 4.69) is 12.1 Å². The standard InChI is InChI=1S/C19H22O4/c1-12-17(21)6-7-19(8-9-23-13(2)20)11-14-10-15(22-3)4-5-16(14)18(12)19/h4-5,10H,6-9,11H2,1-3H3. The fourth-order valence-corrected chi connectivity index (χ4v) is 4.05. The monoisotopic (exact) mass is 314 g/mol. The van der Waals surface area contributed by atoms with Gasteiger partial charge in [0.25, 0.3) is 0 Å². The number of hydrogen-bond donors (Lipinski definition) is 0. The van der Waals surface area contributed by atoms with Crippen LogP contribution in [0.4, 0.5) is 0 Å². The number of rotatable bonds is 4. The first-order valence-corrected chi connectivity index (χ1v) is 8.02. The highest BCUT2D eigenvalue weighted by Gasteiger charge is 2.46. The largest absolute Gasteiger partial charge is 0.497 e. The van der Waals surface area contributed by atoms with Gasteiger partial charge in [0.2, 0.25) is 0 Å². The van der Waals surface area contributed by atoms with Crippen molar-refractivity contribution in [2.45, 2.75) is 39.5 Å². The highest BCUT2D eigenvalue weighted by atomic mass is 16.5. The minimum atomic E-state index is -0.257. The Labute approximate surface area is 136 Å². The third-order valence-corrected chi connectivity index (χ3v) is 5.15. The average Bonchev–Trinajstić information content (AvgIpc) is 2.84. The van der Waals surface area contributed by atoms with Crippen molar-refractivity contribution in [2.75, 3.05) is 13.7 Å². The zero-order valence-electron chi connectivity index (χ0n) is 13.9. The molecule has 1 aromatic rings. The van der Waals surface area contributed by atoms with Crippen LogP contribution in [0.5, 0.6) is 5.75 Å². The summed E-state index contributed by atoms with van der Waals surface area (Å²) in [6.07, 6.45) is 3.02. The molecule has 0 heterocycles. The molecular formula is C19H22O4. The van der Waals surface area contributed by atoms with Gasteiger partial charge >= 0.3 is 5.97 Å². The van der Waals surface area contributed by atoms with Crippen molar-refractivity contribution in [2.24, 2.45) is 5.41 Å². The van der Waals surface area contributed by atoms with E-state index < -0.39 is 0 Å². The number of carbonyl (C=O) groups excluding carboxylic acids is 2. The zero-order chi connectivity index (χ0) is 16.6. The van der Waals surface area contributed by atoms with E-state index in [9.17, 15) is 9.59 Å². The SMILES string of the molecule is COc1ccc2c(c1)CC1(CCOC(C)=O)CCC(=O)C(C)=C21. The normalized spacial score (nSPS) is 22.7. The third-order valence-electron chi connectivity index (χ3n) is 5.15. The highest BCUT2D eigenvalue weighted by Crippen LogP contribution is 2.56. The van der Waals surface area contributed by atoms with Crippen molar-refractivity contribution in [3.63, 3.8) is 0 Å². The predicted molar refractivity (Wildman–Crippen MR) is 87.2 cm³/mol. The summed E-state index contributed by atoms with van der Waals surface area (Å²) in [4.78, 5) is 23.3. The fourth-order valence-electron chi connectivity index (χ4n) is 4.05. The Morgan fingerprint density at radius 3 is 2.83 bits per heavy atom. The Morgan fingerprint density at radius 2 is 2.13 bits per heavy atom. The smallest absolute Gasteiger partial charge is 0.302 e. The number of ketones is 1. The lowest BCUT2D eigenvalue weighted by molar-refractivity contribution is -0.141. The molecule has 0 radical (unpaired) electrons. The molecule has 1 atom stereocenters. The van der Waals surface area contributed by atoms with E-state index in [4.69, 9.17) is 9.47 Å². The zero-order valence-corrected chi connectivity index (χ0v) is 13.9. The molecule has 0 saturated carbocycles. The minimum Gasteiger partial charge on any atom is -0.497 e. The summed E-state index contributed by atoms with van der Waals surface area (Å²) in [7, 11) is 1.66. The summed E-state index contributed by atoms with van der Waals surface area (Å²) >= 11 is 0. The van der Waals surface area contributed by atoms with Gasteiger partial charge in [-0.15, -0.1) is 0 Å². The van der Waals surface area contributed by atoms with Crippen LogP contribution >= 0.6 is 0 Å². The van der Waals surface area contributed by atoms with Crippen LogP contribution in [0.2, 0.25) is 0 Å². The quantitative estimate of drug-likeness (QED) is 0.800. The summed E-state index contributed by atoms with van der Waals surface area (Å²) in [5.41, 5.74) is 4.29. The Kier molecular flexibility index (Phi) is 4.00. The molecule has 1 aromatic carbocycles.